The second-order valence-electron chi connectivity index (χ2n) is 3.02. The van der Waals surface area contributed by atoms with Crippen molar-refractivity contribution in [2.45, 2.75) is 26.7 Å². The summed E-state index contributed by atoms with van der Waals surface area (Å²) in [6, 6.07) is 0. The Hall–Kier alpha value is -0.980. The third-order valence-corrected chi connectivity index (χ3v) is 1.99. The standard InChI is InChI=1S/C12H21N/c1-5-8-10-12(4)13(7-3)11-9-6-2/h5,8,10H,1,4,6-7,9,11H2,2-3H3/b10-8-. The minimum atomic E-state index is 1.03. The number of nitrogens with zero attached hydrogens (tertiary/aromatic N) is 1. The first-order chi connectivity index (χ1) is 6.26. The van der Waals surface area contributed by atoms with Gasteiger partial charge in [-0.3, -0.25) is 0 Å². The highest BCUT2D eigenvalue weighted by Gasteiger charge is 2.00. The van der Waals surface area contributed by atoms with Gasteiger partial charge in [-0.15, -0.1) is 0 Å². The number of hydrogen-bond acceptors (Lipinski definition) is 1. The Labute approximate surface area is 82.4 Å². The van der Waals surface area contributed by atoms with Gasteiger partial charge in [0, 0.05) is 18.8 Å². The summed E-state index contributed by atoms with van der Waals surface area (Å²) in [5, 5.41) is 0. The zero-order valence-electron chi connectivity index (χ0n) is 8.92. The van der Waals surface area contributed by atoms with Crippen molar-refractivity contribution in [3.05, 3.63) is 37.1 Å². The molecule has 0 heterocycles. The molecule has 0 bridgehead atoms. The van der Waals surface area contributed by atoms with Crippen LogP contribution in [0.2, 0.25) is 0 Å². The summed E-state index contributed by atoms with van der Waals surface area (Å²) in [5.41, 5.74) is 1.08. The van der Waals surface area contributed by atoms with E-state index in [0.717, 1.165) is 18.8 Å². The SMILES string of the molecule is C=C/C=C\C(=C)N(CC)CCCC. The molecule has 0 aliphatic carbocycles. The third kappa shape index (κ3) is 5.29. The molecule has 0 aromatic heterocycles. The fraction of sp³-hybridized carbons (Fsp3) is 0.500. The number of hydrogen-bond donors (Lipinski definition) is 0. The van der Waals surface area contributed by atoms with Crippen molar-refractivity contribution in [1.82, 2.24) is 4.90 Å². The first-order valence-corrected chi connectivity index (χ1v) is 4.99. The Bertz CT molecular complexity index is 180. The van der Waals surface area contributed by atoms with E-state index < -0.39 is 0 Å². The van der Waals surface area contributed by atoms with Crippen molar-refractivity contribution in [3.8, 4) is 0 Å². The van der Waals surface area contributed by atoms with E-state index in [9.17, 15) is 0 Å². The second-order valence-corrected chi connectivity index (χ2v) is 3.02. The molecule has 0 fully saturated rings. The molecule has 0 saturated heterocycles. The molecule has 0 saturated carbocycles. The average molecular weight is 179 g/mol. The van der Waals surface area contributed by atoms with Crippen molar-refractivity contribution in [3.63, 3.8) is 0 Å². The summed E-state index contributed by atoms with van der Waals surface area (Å²) < 4.78 is 0. The van der Waals surface area contributed by atoms with E-state index in [1.165, 1.54) is 12.8 Å². The van der Waals surface area contributed by atoms with Crippen molar-refractivity contribution in [2.75, 3.05) is 13.1 Å². The van der Waals surface area contributed by atoms with Crippen molar-refractivity contribution < 1.29 is 0 Å². The van der Waals surface area contributed by atoms with E-state index in [0.29, 0.717) is 0 Å². The van der Waals surface area contributed by atoms with Crippen LogP contribution in [0.25, 0.3) is 0 Å². The highest BCUT2D eigenvalue weighted by atomic mass is 15.1. The van der Waals surface area contributed by atoms with Gasteiger partial charge in [0.25, 0.3) is 0 Å². The lowest BCUT2D eigenvalue weighted by molar-refractivity contribution is 0.366. The molecule has 0 rings (SSSR count). The highest BCUT2D eigenvalue weighted by molar-refractivity contribution is 5.17. The Morgan fingerprint density at radius 3 is 2.54 bits per heavy atom. The lowest BCUT2D eigenvalue weighted by Gasteiger charge is -2.22. The van der Waals surface area contributed by atoms with Crippen LogP contribution in [0.3, 0.4) is 0 Å². The Morgan fingerprint density at radius 2 is 2.08 bits per heavy atom. The summed E-state index contributed by atoms with van der Waals surface area (Å²) in [6.07, 6.45) is 8.17. The van der Waals surface area contributed by atoms with Gasteiger partial charge in [-0.25, -0.2) is 0 Å². The summed E-state index contributed by atoms with van der Waals surface area (Å²) in [6.45, 7) is 14.1. The number of likely N-dealkylation sites (N-methyl/N-ethyl adjacent to an activating group) is 1. The molecule has 0 aliphatic heterocycles. The van der Waals surface area contributed by atoms with Gasteiger partial charge in [-0.2, -0.15) is 0 Å². The van der Waals surface area contributed by atoms with Crippen LogP contribution in [-0.4, -0.2) is 18.0 Å². The smallest absolute Gasteiger partial charge is 0.0293 e. The van der Waals surface area contributed by atoms with Crippen molar-refractivity contribution in [2.24, 2.45) is 0 Å². The first-order valence-electron chi connectivity index (χ1n) is 4.99. The Balaban J connectivity index is 3.98. The zero-order valence-corrected chi connectivity index (χ0v) is 8.92. The molecule has 0 aliphatic rings. The highest BCUT2D eigenvalue weighted by Crippen LogP contribution is 2.05. The van der Waals surface area contributed by atoms with E-state index in [1.807, 2.05) is 12.2 Å². The van der Waals surface area contributed by atoms with Gasteiger partial charge in [-0.05, 0) is 19.4 Å². The second kappa shape index (κ2) is 7.66. The molecule has 0 atom stereocenters. The zero-order chi connectivity index (χ0) is 10.1. The van der Waals surface area contributed by atoms with E-state index in [-0.39, 0.29) is 0 Å². The number of rotatable bonds is 7. The molecule has 0 N–H and O–H groups in total. The predicted molar refractivity (Wildman–Crippen MR) is 60.6 cm³/mol. The van der Waals surface area contributed by atoms with Crippen LogP contribution in [0.15, 0.2) is 37.1 Å². The predicted octanol–water partition coefficient (Wildman–Crippen LogP) is 3.36. The van der Waals surface area contributed by atoms with Crippen LogP contribution >= 0.6 is 0 Å². The molecular weight excluding hydrogens is 158 g/mol. The van der Waals surface area contributed by atoms with E-state index in [2.05, 4.69) is 31.9 Å². The summed E-state index contributed by atoms with van der Waals surface area (Å²) >= 11 is 0. The lowest BCUT2D eigenvalue weighted by Crippen LogP contribution is -2.22. The maximum absolute atomic E-state index is 4.01. The fourth-order valence-electron chi connectivity index (χ4n) is 1.14. The molecule has 1 heteroatoms. The van der Waals surface area contributed by atoms with Gasteiger partial charge in [0.05, 0.1) is 0 Å². The van der Waals surface area contributed by atoms with Gasteiger partial charge in [0.15, 0.2) is 0 Å². The minimum absolute atomic E-state index is 1.03. The normalized spacial score (nSPS) is 10.3. The van der Waals surface area contributed by atoms with E-state index >= 15 is 0 Å². The topological polar surface area (TPSA) is 3.24 Å². The molecular formula is C12H21N. The van der Waals surface area contributed by atoms with Crippen LogP contribution in [0.5, 0.6) is 0 Å². The van der Waals surface area contributed by atoms with Gasteiger partial charge >= 0.3 is 0 Å². The van der Waals surface area contributed by atoms with Crippen LogP contribution in [0, 0.1) is 0 Å². The first kappa shape index (κ1) is 12.0. The lowest BCUT2D eigenvalue weighted by atomic mass is 10.3. The van der Waals surface area contributed by atoms with Crippen LogP contribution < -0.4 is 0 Å². The summed E-state index contributed by atoms with van der Waals surface area (Å²) in [4.78, 5) is 2.28. The Kier molecular flexibility index (Phi) is 7.08. The summed E-state index contributed by atoms with van der Waals surface area (Å²) in [5.74, 6) is 0. The third-order valence-electron chi connectivity index (χ3n) is 1.99. The molecule has 0 aromatic rings. The molecule has 1 nitrogen and oxygen atoms in total. The molecule has 0 unspecified atom stereocenters. The van der Waals surface area contributed by atoms with Crippen molar-refractivity contribution >= 4 is 0 Å². The number of unbranched alkanes of at least 4 members (excludes halogenated alkanes) is 1. The largest absolute Gasteiger partial charge is 0.372 e. The maximum Gasteiger partial charge on any atom is 0.0293 e. The number of allylic oxidation sites excluding steroid dienone is 3. The van der Waals surface area contributed by atoms with Crippen LogP contribution in [0.4, 0.5) is 0 Å². The van der Waals surface area contributed by atoms with Crippen LogP contribution in [-0.2, 0) is 0 Å². The average Bonchev–Trinajstić information content (AvgIpc) is 2.16. The van der Waals surface area contributed by atoms with Crippen molar-refractivity contribution in [1.29, 1.82) is 0 Å². The monoisotopic (exact) mass is 179 g/mol. The van der Waals surface area contributed by atoms with Gasteiger partial charge in [-0.1, -0.05) is 38.7 Å². The van der Waals surface area contributed by atoms with E-state index in [1.54, 1.807) is 6.08 Å². The summed E-state index contributed by atoms with van der Waals surface area (Å²) in [7, 11) is 0. The quantitative estimate of drug-likeness (QED) is 0.542. The maximum atomic E-state index is 4.01. The molecule has 0 spiro atoms. The van der Waals surface area contributed by atoms with Gasteiger partial charge in [0.1, 0.15) is 0 Å². The molecule has 0 radical (unpaired) electrons. The molecule has 13 heavy (non-hydrogen) atoms. The van der Waals surface area contributed by atoms with E-state index in [4.69, 9.17) is 0 Å². The fourth-order valence-corrected chi connectivity index (χ4v) is 1.14. The van der Waals surface area contributed by atoms with Gasteiger partial charge < -0.3 is 4.90 Å². The molecule has 0 amide bonds. The molecule has 0 aromatic carbocycles. The molecule has 74 valence electrons. The van der Waals surface area contributed by atoms with Gasteiger partial charge in [0.2, 0.25) is 0 Å². The minimum Gasteiger partial charge on any atom is -0.372 e. The van der Waals surface area contributed by atoms with Crippen LogP contribution in [0.1, 0.15) is 26.7 Å². The Morgan fingerprint density at radius 1 is 1.38 bits per heavy atom.